The van der Waals surface area contributed by atoms with E-state index in [-0.39, 0.29) is 10.0 Å². The van der Waals surface area contributed by atoms with Crippen molar-refractivity contribution in [1.29, 1.82) is 0 Å². The molecule has 2 rings (SSSR count). The molecule has 2 aromatic rings. The Labute approximate surface area is 133 Å². The number of hydrogen-bond donors (Lipinski definition) is 2. The summed E-state index contributed by atoms with van der Waals surface area (Å²) in [6.45, 7) is 0. The highest BCUT2D eigenvalue weighted by Gasteiger charge is 2.23. The second kappa shape index (κ2) is 6.37. The SMILES string of the molecule is NNC(c1cc(Cl)cc(Cl)c1)c1c(F)ccc(Br)c1F. The van der Waals surface area contributed by atoms with Crippen LogP contribution in [-0.4, -0.2) is 0 Å². The minimum Gasteiger partial charge on any atom is -0.271 e. The van der Waals surface area contributed by atoms with Crippen LogP contribution in [0.25, 0.3) is 0 Å². The molecule has 7 heteroatoms. The van der Waals surface area contributed by atoms with Crippen LogP contribution in [0.2, 0.25) is 10.0 Å². The summed E-state index contributed by atoms with van der Waals surface area (Å²) in [6.07, 6.45) is 0. The highest BCUT2D eigenvalue weighted by atomic mass is 79.9. The van der Waals surface area contributed by atoms with Crippen LogP contribution in [0.15, 0.2) is 34.8 Å². The summed E-state index contributed by atoms with van der Waals surface area (Å²) in [5.74, 6) is 3.99. The number of rotatable bonds is 3. The Kier molecular flexibility index (Phi) is 4.99. The molecule has 0 spiro atoms. The minimum absolute atomic E-state index is 0.141. The van der Waals surface area contributed by atoms with Crippen LogP contribution in [0.1, 0.15) is 17.2 Å². The van der Waals surface area contributed by atoms with Crippen LogP contribution in [0, 0.1) is 11.6 Å². The third-order valence-electron chi connectivity index (χ3n) is 2.75. The molecule has 0 bridgehead atoms. The Morgan fingerprint density at radius 3 is 2.25 bits per heavy atom. The molecule has 2 aromatic carbocycles. The van der Waals surface area contributed by atoms with Gasteiger partial charge in [-0.15, -0.1) is 0 Å². The van der Waals surface area contributed by atoms with Gasteiger partial charge in [0.05, 0.1) is 10.5 Å². The molecule has 1 atom stereocenters. The van der Waals surface area contributed by atoms with Crippen LogP contribution in [0.5, 0.6) is 0 Å². The van der Waals surface area contributed by atoms with Crippen LogP contribution < -0.4 is 11.3 Å². The molecular weight excluding hydrogens is 373 g/mol. The van der Waals surface area contributed by atoms with E-state index >= 15 is 0 Å². The van der Waals surface area contributed by atoms with Gasteiger partial charge < -0.3 is 0 Å². The molecule has 0 aliphatic carbocycles. The summed E-state index contributed by atoms with van der Waals surface area (Å²) >= 11 is 14.8. The van der Waals surface area contributed by atoms with E-state index in [0.29, 0.717) is 15.6 Å². The van der Waals surface area contributed by atoms with E-state index in [2.05, 4.69) is 21.4 Å². The maximum Gasteiger partial charge on any atom is 0.145 e. The average molecular weight is 382 g/mol. The van der Waals surface area contributed by atoms with Crippen LogP contribution in [0.3, 0.4) is 0 Å². The molecule has 0 saturated carbocycles. The summed E-state index contributed by atoms with van der Waals surface area (Å²) < 4.78 is 28.2. The molecule has 0 heterocycles. The maximum absolute atomic E-state index is 14.1. The van der Waals surface area contributed by atoms with Crippen LogP contribution >= 0.6 is 39.1 Å². The fraction of sp³-hybridized carbons (Fsp3) is 0.0769. The summed E-state index contributed by atoms with van der Waals surface area (Å²) in [5.41, 5.74) is 2.63. The molecule has 106 valence electrons. The van der Waals surface area contributed by atoms with E-state index < -0.39 is 17.7 Å². The van der Waals surface area contributed by atoms with E-state index in [4.69, 9.17) is 29.0 Å². The molecule has 2 nitrogen and oxygen atoms in total. The third kappa shape index (κ3) is 3.13. The Hall–Kier alpha value is -0.720. The zero-order valence-electron chi connectivity index (χ0n) is 9.93. The largest absolute Gasteiger partial charge is 0.271 e. The number of nitrogens with one attached hydrogen (secondary N) is 1. The van der Waals surface area contributed by atoms with Crippen molar-refractivity contribution in [2.24, 2.45) is 5.84 Å². The molecule has 0 saturated heterocycles. The van der Waals surface area contributed by atoms with Crippen molar-refractivity contribution < 1.29 is 8.78 Å². The van der Waals surface area contributed by atoms with Gasteiger partial charge in [-0.05, 0) is 51.8 Å². The maximum atomic E-state index is 14.1. The molecule has 20 heavy (non-hydrogen) atoms. The Bertz CT molecular complexity index is 632. The number of hydrogen-bond acceptors (Lipinski definition) is 2. The number of halogens is 5. The summed E-state index contributed by atoms with van der Waals surface area (Å²) in [6, 6.07) is 6.12. The quantitative estimate of drug-likeness (QED) is 0.463. The number of benzene rings is 2. The van der Waals surface area contributed by atoms with Gasteiger partial charge in [0.1, 0.15) is 11.6 Å². The van der Waals surface area contributed by atoms with Crippen molar-refractivity contribution in [3.63, 3.8) is 0 Å². The van der Waals surface area contributed by atoms with Gasteiger partial charge in [0.15, 0.2) is 0 Å². The molecule has 3 N–H and O–H groups in total. The lowest BCUT2D eigenvalue weighted by Gasteiger charge is -2.19. The van der Waals surface area contributed by atoms with Gasteiger partial charge >= 0.3 is 0 Å². The van der Waals surface area contributed by atoms with Gasteiger partial charge in [0, 0.05) is 15.6 Å². The lowest BCUT2D eigenvalue weighted by molar-refractivity contribution is 0.507. The van der Waals surface area contributed by atoms with Crippen LogP contribution in [0.4, 0.5) is 8.78 Å². The molecule has 0 fully saturated rings. The molecule has 1 unspecified atom stereocenters. The molecule has 0 aliphatic heterocycles. The Balaban J connectivity index is 2.61. The zero-order chi connectivity index (χ0) is 14.9. The second-order valence-electron chi connectivity index (χ2n) is 4.06. The van der Waals surface area contributed by atoms with E-state index in [1.807, 2.05) is 0 Å². The highest BCUT2D eigenvalue weighted by molar-refractivity contribution is 9.10. The summed E-state index contributed by atoms with van der Waals surface area (Å²) in [4.78, 5) is 0. The normalized spacial score (nSPS) is 12.5. The lowest BCUT2D eigenvalue weighted by atomic mass is 9.98. The van der Waals surface area contributed by atoms with Crippen molar-refractivity contribution >= 4 is 39.1 Å². The minimum atomic E-state index is -0.913. The second-order valence-corrected chi connectivity index (χ2v) is 5.79. The molecule has 0 aliphatic rings. The first-order valence-corrected chi connectivity index (χ1v) is 7.04. The smallest absolute Gasteiger partial charge is 0.145 e. The Morgan fingerprint density at radius 2 is 1.70 bits per heavy atom. The predicted octanol–water partition coefficient (Wildman–Crippen LogP) is 4.59. The van der Waals surface area contributed by atoms with Crippen molar-refractivity contribution in [3.05, 3.63) is 67.6 Å². The van der Waals surface area contributed by atoms with Gasteiger partial charge in [0.2, 0.25) is 0 Å². The first-order valence-electron chi connectivity index (χ1n) is 5.49. The van der Waals surface area contributed by atoms with Gasteiger partial charge in [0.25, 0.3) is 0 Å². The average Bonchev–Trinajstić information content (AvgIpc) is 2.38. The first-order chi connectivity index (χ1) is 9.43. The lowest BCUT2D eigenvalue weighted by Crippen LogP contribution is -2.30. The Morgan fingerprint density at radius 1 is 1.10 bits per heavy atom. The predicted molar refractivity (Wildman–Crippen MR) is 79.7 cm³/mol. The summed E-state index contributed by atoms with van der Waals surface area (Å²) in [5, 5.41) is 0.701. The van der Waals surface area contributed by atoms with Crippen molar-refractivity contribution in [2.75, 3.05) is 0 Å². The van der Waals surface area contributed by atoms with E-state index in [1.165, 1.54) is 24.3 Å². The van der Waals surface area contributed by atoms with E-state index in [0.717, 1.165) is 6.07 Å². The monoisotopic (exact) mass is 380 g/mol. The van der Waals surface area contributed by atoms with Crippen molar-refractivity contribution in [3.8, 4) is 0 Å². The van der Waals surface area contributed by atoms with E-state index in [9.17, 15) is 8.78 Å². The van der Waals surface area contributed by atoms with Gasteiger partial charge in [-0.1, -0.05) is 23.2 Å². The van der Waals surface area contributed by atoms with Crippen molar-refractivity contribution in [1.82, 2.24) is 5.43 Å². The fourth-order valence-electron chi connectivity index (χ4n) is 1.90. The van der Waals surface area contributed by atoms with Gasteiger partial charge in [-0.2, -0.15) is 0 Å². The van der Waals surface area contributed by atoms with Gasteiger partial charge in [-0.3, -0.25) is 5.84 Å². The molecule has 0 aromatic heterocycles. The zero-order valence-corrected chi connectivity index (χ0v) is 13.0. The van der Waals surface area contributed by atoms with Gasteiger partial charge in [-0.25, -0.2) is 14.2 Å². The topological polar surface area (TPSA) is 38.0 Å². The molecule has 0 amide bonds. The summed E-state index contributed by atoms with van der Waals surface area (Å²) in [7, 11) is 0. The first kappa shape index (κ1) is 15.7. The number of hydrazine groups is 1. The molecule has 0 radical (unpaired) electrons. The highest BCUT2D eigenvalue weighted by Crippen LogP contribution is 2.32. The molecular formula is C13H9BrCl2F2N2. The fourth-order valence-corrected chi connectivity index (χ4v) is 2.78. The van der Waals surface area contributed by atoms with Crippen LogP contribution in [-0.2, 0) is 0 Å². The standard InChI is InChI=1S/C13H9BrCl2F2N2/c14-9-1-2-10(17)11(12(9)18)13(20-19)6-3-7(15)5-8(16)4-6/h1-5,13,20H,19H2. The van der Waals surface area contributed by atoms with Crippen molar-refractivity contribution in [2.45, 2.75) is 6.04 Å². The third-order valence-corrected chi connectivity index (χ3v) is 3.80. The number of nitrogens with two attached hydrogens (primary N) is 1. The van der Waals surface area contributed by atoms with E-state index in [1.54, 1.807) is 0 Å².